The molecule has 4 nitrogen and oxygen atoms in total. The molecule has 33 heavy (non-hydrogen) atoms. The number of hydrogen-bond acceptors (Lipinski definition) is 3. The molecule has 1 aromatic rings. The molecule has 1 rings (SSSR count). The molecule has 0 amide bonds. The van der Waals surface area contributed by atoms with Crippen molar-refractivity contribution in [3.63, 3.8) is 0 Å². The molecule has 0 spiro atoms. The Morgan fingerprint density at radius 1 is 0.606 bits per heavy atom. The Balaban J connectivity index is 0. The molecule has 0 radical (unpaired) electrons. The molecule has 0 saturated heterocycles. The lowest BCUT2D eigenvalue weighted by Gasteiger charge is -2.02. The molecule has 0 atom stereocenters. The van der Waals surface area contributed by atoms with E-state index in [9.17, 15) is 12.8 Å². The quantitative estimate of drug-likeness (QED) is 0.155. The van der Waals surface area contributed by atoms with Crippen molar-refractivity contribution in [3.8, 4) is 0 Å². The van der Waals surface area contributed by atoms with Gasteiger partial charge in [0.1, 0.15) is 0 Å². The molecule has 1 N–H and O–H groups in total. The van der Waals surface area contributed by atoms with Gasteiger partial charge in [-0.1, -0.05) is 123 Å². The maximum absolute atomic E-state index is 11.8. The first-order valence-corrected chi connectivity index (χ1v) is 14.9. The predicted molar refractivity (Wildman–Crippen MR) is 141 cm³/mol. The van der Waals surface area contributed by atoms with Gasteiger partial charge in [-0.2, -0.15) is 8.42 Å². The first-order chi connectivity index (χ1) is 16.0. The fourth-order valence-electron chi connectivity index (χ4n) is 3.31. The van der Waals surface area contributed by atoms with Gasteiger partial charge in [0.05, 0.1) is 12.4 Å². The molecular formula is C27H52FNO3S. The molecule has 0 aromatic carbocycles. The van der Waals surface area contributed by atoms with Crippen molar-refractivity contribution in [2.75, 3.05) is 12.4 Å². The van der Waals surface area contributed by atoms with Gasteiger partial charge in [-0.3, -0.25) is 13.9 Å². The van der Waals surface area contributed by atoms with E-state index in [2.05, 4.69) is 18.8 Å². The smallest absolute Gasteiger partial charge is 0.264 e. The maximum atomic E-state index is 11.8. The molecule has 0 fully saturated rings. The summed E-state index contributed by atoms with van der Waals surface area (Å²) in [7, 11) is -3.71. The van der Waals surface area contributed by atoms with E-state index in [0.717, 1.165) is 38.5 Å². The van der Waals surface area contributed by atoms with Crippen LogP contribution < -0.4 is 0 Å². The monoisotopic (exact) mass is 489 g/mol. The summed E-state index contributed by atoms with van der Waals surface area (Å²) in [6.45, 7) is 4.24. The second-order valence-electron chi connectivity index (χ2n) is 8.66. The summed E-state index contributed by atoms with van der Waals surface area (Å²) in [5, 5.41) is 0. The van der Waals surface area contributed by atoms with Gasteiger partial charge < -0.3 is 0 Å². The summed E-state index contributed by atoms with van der Waals surface area (Å²) < 4.78 is 40.6. The predicted octanol–water partition coefficient (Wildman–Crippen LogP) is 8.97. The highest BCUT2D eigenvalue weighted by atomic mass is 32.2. The second kappa shape index (κ2) is 29.0. The van der Waals surface area contributed by atoms with Crippen molar-refractivity contribution in [1.82, 2.24) is 4.98 Å². The number of pyridine rings is 1. The van der Waals surface area contributed by atoms with E-state index in [1.54, 1.807) is 12.4 Å². The van der Waals surface area contributed by atoms with E-state index in [4.69, 9.17) is 4.55 Å². The summed E-state index contributed by atoms with van der Waals surface area (Å²) in [5.41, 5.74) is 0. The minimum atomic E-state index is -3.71. The number of nitrogens with zero attached hydrogens (tertiary/aromatic N) is 1. The van der Waals surface area contributed by atoms with Crippen molar-refractivity contribution in [2.45, 2.75) is 129 Å². The van der Waals surface area contributed by atoms with Gasteiger partial charge in [0.15, 0.2) is 0 Å². The Bertz CT molecular complexity index is 515. The molecule has 0 unspecified atom stereocenters. The first kappa shape index (κ1) is 34.2. The van der Waals surface area contributed by atoms with E-state index < -0.39 is 10.1 Å². The van der Waals surface area contributed by atoms with Crippen LogP contribution in [0.2, 0.25) is 0 Å². The van der Waals surface area contributed by atoms with Crippen LogP contribution in [0.3, 0.4) is 0 Å². The van der Waals surface area contributed by atoms with Crippen LogP contribution in [0.4, 0.5) is 4.39 Å². The van der Waals surface area contributed by atoms with Crippen LogP contribution in [-0.4, -0.2) is 30.4 Å². The van der Waals surface area contributed by atoms with E-state index in [1.807, 2.05) is 18.2 Å². The lowest BCUT2D eigenvalue weighted by atomic mass is 10.0. The Labute approximate surface area is 204 Å². The van der Waals surface area contributed by atoms with Crippen molar-refractivity contribution < 1.29 is 17.4 Å². The summed E-state index contributed by atoms with van der Waals surface area (Å²) in [6, 6.07) is 5.72. The van der Waals surface area contributed by atoms with Crippen LogP contribution >= 0.6 is 0 Å². The molecule has 0 bridgehead atoms. The summed E-state index contributed by atoms with van der Waals surface area (Å²) in [4.78, 5) is 3.78. The summed E-state index contributed by atoms with van der Waals surface area (Å²) in [6.07, 6.45) is 25.4. The van der Waals surface area contributed by atoms with Crippen molar-refractivity contribution in [3.05, 3.63) is 30.6 Å². The molecule has 0 aliphatic rings. The minimum Gasteiger partial charge on any atom is -0.286 e. The number of halogens is 1. The number of alkyl halides is 1. The van der Waals surface area contributed by atoms with Gasteiger partial charge in [-0.25, -0.2) is 0 Å². The van der Waals surface area contributed by atoms with Crippen LogP contribution in [0.1, 0.15) is 129 Å². The van der Waals surface area contributed by atoms with Crippen LogP contribution in [-0.2, 0) is 10.1 Å². The largest absolute Gasteiger partial charge is 0.286 e. The average molecular weight is 490 g/mol. The van der Waals surface area contributed by atoms with Gasteiger partial charge in [0.2, 0.25) is 0 Å². The zero-order valence-corrected chi connectivity index (χ0v) is 22.3. The highest BCUT2D eigenvalue weighted by Crippen LogP contribution is 2.12. The maximum Gasteiger partial charge on any atom is 0.264 e. The van der Waals surface area contributed by atoms with Gasteiger partial charge in [0.25, 0.3) is 10.1 Å². The first-order valence-electron chi connectivity index (χ1n) is 13.3. The fourth-order valence-corrected chi connectivity index (χ4v) is 3.88. The zero-order chi connectivity index (χ0) is 24.9. The summed E-state index contributed by atoms with van der Waals surface area (Å²) in [5.74, 6) is -0.0866. The Kier molecular flexibility index (Phi) is 30.0. The van der Waals surface area contributed by atoms with E-state index in [-0.39, 0.29) is 12.4 Å². The van der Waals surface area contributed by atoms with Gasteiger partial charge >= 0.3 is 0 Å². The van der Waals surface area contributed by atoms with E-state index in [0.29, 0.717) is 6.42 Å². The third-order valence-electron chi connectivity index (χ3n) is 5.31. The lowest BCUT2D eigenvalue weighted by molar-refractivity contribution is 0.448. The van der Waals surface area contributed by atoms with Crippen molar-refractivity contribution >= 4 is 10.1 Å². The van der Waals surface area contributed by atoms with Crippen LogP contribution in [0, 0.1) is 0 Å². The zero-order valence-electron chi connectivity index (χ0n) is 21.5. The number of rotatable bonds is 19. The van der Waals surface area contributed by atoms with Gasteiger partial charge in [-0.05, 0) is 25.0 Å². The fraction of sp³-hybridized carbons (Fsp3) is 0.815. The number of hydrogen-bond donors (Lipinski definition) is 1. The standard InChI is InChI=1S/C15H31F.C7H16O3S.C5H5N/c1-2-3-4-5-6-7-8-9-10-11-12-13-14-15-16;1-2-3-4-5-6-7-11(8,9)10;1-2-4-6-5-3-1/h2-15H2,1H3;2-7H2,1H3,(H,8,9,10);1-5H. The molecule has 0 aliphatic carbocycles. The van der Waals surface area contributed by atoms with Gasteiger partial charge in [-0.15, -0.1) is 0 Å². The number of unbranched alkanes of at least 4 members (excludes halogenated alkanes) is 16. The molecule has 1 heterocycles. The Morgan fingerprint density at radius 3 is 1.24 bits per heavy atom. The van der Waals surface area contributed by atoms with E-state index in [1.165, 1.54) is 70.6 Å². The number of aromatic nitrogens is 1. The van der Waals surface area contributed by atoms with Crippen LogP contribution in [0.15, 0.2) is 30.6 Å². The highest BCUT2D eigenvalue weighted by Gasteiger charge is 2.02. The Hall–Kier alpha value is -1.01. The van der Waals surface area contributed by atoms with E-state index >= 15 is 0 Å². The van der Waals surface area contributed by atoms with Crippen LogP contribution in [0.5, 0.6) is 0 Å². The Morgan fingerprint density at radius 2 is 0.970 bits per heavy atom. The lowest BCUT2D eigenvalue weighted by Crippen LogP contribution is -2.03. The van der Waals surface area contributed by atoms with Gasteiger partial charge in [0, 0.05) is 12.4 Å². The average Bonchev–Trinajstić information content (AvgIpc) is 2.81. The van der Waals surface area contributed by atoms with Crippen LogP contribution in [0.25, 0.3) is 0 Å². The molecule has 0 aliphatic heterocycles. The second-order valence-corrected chi connectivity index (χ2v) is 10.2. The van der Waals surface area contributed by atoms with Crippen molar-refractivity contribution in [2.24, 2.45) is 0 Å². The SMILES string of the molecule is CCCCCCCCCCCCCCCF.CCCCCCCS(=O)(=O)O.c1ccncc1. The van der Waals surface area contributed by atoms with Crippen molar-refractivity contribution in [1.29, 1.82) is 0 Å². The summed E-state index contributed by atoms with van der Waals surface area (Å²) >= 11 is 0. The normalized spacial score (nSPS) is 10.7. The highest BCUT2D eigenvalue weighted by molar-refractivity contribution is 7.85. The molecule has 0 saturated carbocycles. The molecule has 6 heteroatoms. The molecule has 196 valence electrons. The third-order valence-corrected chi connectivity index (χ3v) is 6.11. The third kappa shape index (κ3) is 38.6. The molecular weight excluding hydrogens is 437 g/mol. The molecule has 1 aromatic heterocycles. The topological polar surface area (TPSA) is 67.3 Å². The minimum absolute atomic E-state index is 0.0866.